The summed E-state index contributed by atoms with van der Waals surface area (Å²) in [6.07, 6.45) is 1.57. The molecule has 0 spiro atoms. The van der Waals surface area contributed by atoms with E-state index in [9.17, 15) is 4.79 Å². The van der Waals surface area contributed by atoms with E-state index in [1.807, 2.05) is 6.92 Å². The Labute approximate surface area is 117 Å². The molecule has 0 saturated carbocycles. The summed E-state index contributed by atoms with van der Waals surface area (Å²) in [5, 5.41) is 2.78. The highest BCUT2D eigenvalue weighted by molar-refractivity contribution is 6.03. The van der Waals surface area contributed by atoms with E-state index in [4.69, 9.17) is 4.74 Å². The molecule has 0 aliphatic heterocycles. The Hall–Kier alpha value is -2.50. The molecule has 0 radical (unpaired) electrons. The molecule has 1 N–H and O–H groups in total. The Morgan fingerprint density at radius 2 is 1.95 bits per heavy atom. The fourth-order valence-corrected chi connectivity index (χ4v) is 1.73. The van der Waals surface area contributed by atoms with E-state index in [0.29, 0.717) is 35.4 Å². The van der Waals surface area contributed by atoms with Gasteiger partial charge in [0.25, 0.3) is 5.91 Å². The second-order valence-electron chi connectivity index (χ2n) is 4.15. The molecule has 2 aromatic rings. The molecule has 0 fully saturated rings. The first-order chi connectivity index (χ1) is 9.61. The van der Waals surface area contributed by atoms with Gasteiger partial charge in [-0.25, -0.2) is 0 Å². The average molecular weight is 272 g/mol. The van der Waals surface area contributed by atoms with Gasteiger partial charge in [0.15, 0.2) is 0 Å². The van der Waals surface area contributed by atoms with Crippen molar-refractivity contribution in [1.29, 1.82) is 0 Å². The largest absolute Gasteiger partial charge is 0.464 e. The van der Waals surface area contributed by atoms with E-state index >= 15 is 0 Å². The first kappa shape index (κ1) is 13.9. The van der Waals surface area contributed by atoms with Gasteiger partial charge in [0.05, 0.1) is 23.7 Å². The van der Waals surface area contributed by atoms with Gasteiger partial charge in [-0.05, 0) is 32.9 Å². The van der Waals surface area contributed by atoms with Crippen molar-refractivity contribution in [1.82, 2.24) is 15.0 Å². The lowest BCUT2D eigenvalue weighted by Gasteiger charge is -2.11. The van der Waals surface area contributed by atoms with Gasteiger partial charge in [0.1, 0.15) is 5.69 Å². The lowest BCUT2D eigenvalue weighted by atomic mass is 10.2. The minimum absolute atomic E-state index is 0.287. The highest BCUT2D eigenvalue weighted by Crippen LogP contribution is 2.20. The normalized spacial score (nSPS) is 10.2. The van der Waals surface area contributed by atoms with Crippen molar-refractivity contribution in [3.8, 4) is 6.01 Å². The second-order valence-corrected chi connectivity index (χ2v) is 4.15. The van der Waals surface area contributed by atoms with Crippen molar-refractivity contribution in [3.63, 3.8) is 0 Å². The van der Waals surface area contributed by atoms with Crippen molar-refractivity contribution in [2.75, 3.05) is 11.9 Å². The lowest BCUT2D eigenvalue weighted by molar-refractivity contribution is 0.102. The predicted octanol–water partition coefficient (Wildman–Crippen LogP) is 2.14. The van der Waals surface area contributed by atoms with Crippen LogP contribution in [0.25, 0.3) is 0 Å². The molecule has 0 aliphatic rings. The van der Waals surface area contributed by atoms with Crippen LogP contribution >= 0.6 is 0 Å². The van der Waals surface area contributed by atoms with Crippen LogP contribution in [0.5, 0.6) is 6.01 Å². The van der Waals surface area contributed by atoms with Crippen LogP contribution in [0.1, 0.15) is 28.8 Å². The van der Waals surface area contributed by atoms with E-state index in [-0.39, 0.29) is 5.91 Å². The number of nitrogens with zero attached hydrogens (tertiary/aromatic N) is 3. The molecule has 1 amide bonds. The maximum atomic E-state index is 12.1. The number of carbonyl (C=O) groups excluding carboxylic acids is 1. The third kappa shape index (κ3) is 3.09. The van der Waals surface area contributed by atoms with Gasteiger partial charge in [-0.15, -0.1) is 0 Å². The molecule has 0 aromatic carbocycles. The summed E-state index contributed by atoms with van der Waals surface area (Å²) >= 11 is 0. The molecule has 2 rings (SSSR count). The standard InChI is InChI=1S/C14H16N4O2/c1-4-20-14-16-9(2)12(10(3)17-14)18-13(19)11-7-5-6-8-15-11/h5-8H,4H2,1-3H3,(H,18,19). The van der Waals surface area contributed by atoms with Crippen molar-refractivity contribution in [2.45, 2.75) is 20.8 Å². The minimum Gasteiger partial charge on any atom is -0.464 e. The second kappa shape index (κ2) is 6.10. The van der Waals surface area contributed by atoms with Gasteiger partial charge in [0.2, 0.25) is 0 Å². The number of nitrogens with one attached hydrogen (secondary N) is 1. The van der Waals surface area contributed by atoms with Crippen LogP contribution in [0.2, 0.25) is 0 Å². The molecular formula is C14H16N4O2. The van der Waals surface area contributed by atoms with Crippen LogP contribution in [0.15, 0.2) is 24.4 Å². The van der Waals surface area contributed by atoms with Crippen molar-refractivity contribution in [2.24, 2.45) is 0 Å². The van der Waals surface area contributed by atoms with Gasteiger partial charge in [-0.1, -0.05) is 6.07 Å². The third-order valence-corrected chi connectivity index (χ3v) is 2.66. The summed E-state index contributed by atoms with van der Waals surface area (Å²) in [5.41, 5.74) is 2.25. The summed E-state index contributed by atoms with van der Waals surface area (Å²) in [6.45, 7) is 5.96. The van der Waals surface area contributed by atoms with Crippen molar-refractivity contribution < 1.29 is 9.53 Å². The molecule has 0 aliphatic carbocycles. The first-order valence-corrected chi connectivity index (χ1v) is 6.32. The van der Waals surface area contributed by atoms with Gasteiger partial charge in [-0.3, -0.25) is 9.78 Å². The number of hydrogen-bond acceptors (Lipinski definition) is 5. The molecule has 0 saturated heterocycles. The summed E-state index contributed by atoms with van der Waals surface area (Å²) in [4.78, 5) is 24.5. The SMILES string of the molecule is CCOc1nc(C)c(NC(=O)c2ccccn2)c(C)n1. The first-order valence-electron chi connectivity index (χ1n) is 6.32. The summed E-state index contributed by atoms with van der Waals surface area (Å²) in [6, 6.07) is 5.48. The molecule has 20 heavy (non-hydrogen) atoms. The number of aromatic nitrogens is 3. The molecule has 2 aromatic heterocycles. The number of carbonyl (C=O) groups is 1. The number of aryl methyl sites for hydroxylation is 2. The number of rotatable bonds is 4. The van der Waals surface area contributed by atoms with Gasteiger partial charge >= 0.3 is 6.01 Å². The maximum absolute atomic E-state index is 12.1. The van der Waals surface area contributed by atoms with Crippen LogP contribution in [-0.4, -0.2) is 27.5 Å². The quantitative estimate of drug-likeness (QED) is 0.922. The molecule has 0 unspecified atom stereocenters. The fourth-order valence-electron chi connectivity index (χ4n) is 1.73. The van der Waals surface area contributed by atoms with Crippen LogP contribution in [0, 0.1) is 13.8 Å². The summed E-state index contributed by atoms with van der Waals surface area (Å²) < 4.78 is 5.26. The molecule has 6 nitrogen and oxygen atoms in total. The predicted molar refractivity (Wildman–Crippen MR) is 74.9 cm³/mol. The highest BCUT2D eigenvalue weighted by Gasteiger charge is 2.13. The smallest absolute Gasteiger partial charge is 0.316 e. The Bertz CT molecular complexity index is 591. The molecule has 0 bridgehead atoms. The number of ether oxygens (including phenoxy) is 1. The zero-order valence-electron chi connectivity index (χ0n) is 11.7. The topological polar surface area (TPSA) is 77.0 Å². The number of pyridine rings is 1. The zero-order chi connectivity index (χ0) is 14.5. The van der Waals surface area contributed by atoms with Crippen LogP contribution in [0.4, 0.5) is 5.69 Å². The molecule has 2 heterocycles. The van der Waals surface area contributed by atoms with Crippen LogP contribution in [0.3, 0.4) is 0 Å². The lowest BCUT2D eigenvalue weighted by Crippen LogP contribution is -2.16. The van der Waals surface area contributed by atoms with Gasteiger partial charge in [-0.2, -0.15) is 9.97 Å². The van der Waals surface area contributed by atoms with E-state index in [1.54, 1.807) is 38.2 Å². The fraction of sp³-hybridized carbons (Fsp3) is 0.286. The van der Waals surface area contributed by atoms with E-state index in [1.165, 1.54) is 0 Å². The Kier molecular flexibility index (Phi) is 4.24. The van der Waals surface area contributed by atoms with Crippen LogP contribution < -0.4 is 10.1 Å². The molecule has 6 heteroatoms. The molecule has 0 atom stereocenters. The van der Waals surface area contributed by atoms with E-state index < -0.39 is 0 Å². The van der Waals surface area contributed by atoms with Gasteiger partial charge in [0, 0.05) is 6.20 Å². The number of amides is 1. The molecular weight excluding hydrogens is 256 g/mol. The summed E-state index contributed by atoms with van der Waals surface area (Å²) in [5.74, 6) is -0.287. The Morgan fingerprint density at radius 3 is 2.50 bits per heavy atom. The Balaban J connectivity index is 2.24. The van der Waals surface area contributed by atoms with Crippen molar-refractivity contribution in [3.05, 3.63) is 41.5 Å². The van der Waals surface area contributed by atoms with Crippen molar-refractivity contribution >= 4 is 11.6 Å². The maximum Gasteiger partial charge on any atom is 0.316 e. The van der Waals surface area contributed by atoms with Gasteiger partial charge < -0.3 is 10.1 Å². The zero-order valence-corrected chi connectivity index (χ0v) is 11.7. The third-order valence-electron chi connectivity index (χ3n) is 2.66. The average Bonchev–Trinajstić information content (AvgIpc) is 2.44. The number of anilines is 1. The monoisotopic (exact) mass is 272 g/mol. The summed E-state index contributed by atoms with van der Waals surface area (Å²) in [7, 11) is 0. The number of hydrogen-bond donors (Lipinski definition) is 1. The highest BCUT2D eigenvalue weighted by atomic mass is 16.5. The van der Waals surface area contributed by atoms with Crippen LogP contribution in [-0.2, 0) is 0 Å². The van der Waals surface area contributed by atoms with E-state index in [0.717, 1.165) is 0 Å². The Morgan fingerprint density at radius 1 is 1.25 bits per heavy atom. The molecule has 104 valence electrons. The van der Waals surface area contributed by atoms with E-state index in [2.05, 4.69) is 20.3 Å². The minimum atomic E-state index is -0.287.